The zero-order valence-corrected chi connectivity index (χ0v) is 19.5. The minimum atomic E-state index is -0.400. The van der Waals surface area contributed by atoms with Gasteiger partial charge in [-0.1, -0.05) is 62.0 Å². The van der Waals surface area contributed by atoms with Crippen molar-refractivity contribution in [3.05, 3.63) is 83.0 Å². The number of hydrogen-bond donors (Lipinski definition) is 0. The number of para-hydroxylation sites is 2. The van der Waals surface area contributed by atoms with E-state index in [-0.39, 0.29) is 5.91 Å². The lowest BCUT2D eigenvalue weighted by Gasteiger charge is -2.27. The van der Waals surface area contributed by atoms with Crippen molar-refractivity contribution in [2.75, 3.05) is 4.90 Å². The lowest BCUT2D eigenvalue weighted by Crippen LogP contribution is -2.33. The average Bonchev–Trinajstić information content (AvgIpc) is 2.95. The molecule has 1 atom stereocenters. The van der Waals surface area contributed by atoms with Crippen LogP contribution in [0.15, 0.2) is 65.7 Å². The molecule has 4 rings (SSSR count). The summed E-state index contributed by atoms with van der Waals surface area (Å²) in [6.45, 7) is 6.20. The van der Waals surface area contributed by atoms with E-state index in [0.717, 1.165) is 36.3 Å². The summed E-state index contributed by atoms with van der Waals surface area (Å²) in [5, 5.41) is 9.82. The van der Waals surface area contributed by atoms with Gasteiger partial charge in [-0.05, 0) is 67.5 Å². The number of aryl methyl sites for hydroxylation is 2. The Bertz CT molecular complexity index is 1130. The molecule has 162 valence electrons. The number of fused-ring (bicyclic) bond motifs is 2. The number of pyridine rings is 1. The van der Waals surface area contributed by atoms with Gasteiger partial charge >= 0.3 is 0 Å². The molecule has 0 bridgehead atoms. The van der Waals surface area contributed by atoms with Crippen molar-refractivity contribution in [2.24, 2.45) is 5.92 Å². The maximum atomic E-state index is 13.8. The van der Waals surface area contributed by atoms with E-state index in [1.807, 2.05) is 60.4 Å². The highest BCUT2D eigenvalue weighted by Crippen LogP contribution is 2.38. The third kappa shape index (κ3) is 4.56. The van der Waals surface area contributed by atoms with E-state index in [1.165, 1.54) is 22.9 Å². The molecule has 3 aromatic rings. The second-order valence-electron chi connectivity index (χ2n) is 8.56. The highest BCUT2D eigenvalue weighted by Gasteiger charge is 2.30. The van der Waals surface area contributed by atoms with Crippen molar-refractivity contribution in [1.29, 1.82) is 5.26 Å². The molecule has 4 nitrogen and oxygen atoms in total. The standard InChI is InChI=1S/C27H27N3OS/c1-18(2)16-23-15-14-22(17-28)26(29-23)32-19(3)27(31)30-24-10-6-4-8-20(24)12-13-21-9-5-7-11-25(21)30/h4-11,14-15,18-19H,12-13,16H2,1-3H3. The number of hydrogen-bond acceptors (Lipinski definition) is 4. The number of carbonyl (C=O) groups is 1. The summed E-state index contributed by atoms with van der Waals surface area (Å²) in [6, 6.07) is 22.2. The van der Waals surface area contributed by atoms with Gasteiger partial charge in [-0.25, -0.2) is 4.98 Å². The molecule has 32 heavy (non-hydrogen) atoms. The number of carbonyl (C=O) groups excluding carboxylic acids is 1. The SMILES string of the molecule is CC(C)Cc1ccc(C#N)c(SC(C)C(=O)N2c3ccccc3CCc3ccccc32)n1. The first kappa shape index (κ1) is 22.1. The quantitative estimate of drug-likeness (QED) is 0.449. The molecule has 2 aromatic carbocycles. The Morgan fingerprint density at radius 2 is 1.59 bits per heavy atom. The van der Waals surface area contributed by atoms with Gasteiger partial charge < -0.3 is 0 Å². The van der Waals surface area contributed by atoms with Crippen LogP contribution in [0.2, 0.25) is 0 Å². The van der Waals surface area contributed by atoms with Gasteiger partial charge in [0.2, 0.25) is 5.91 Å². The molecule has 1 unspecified atom stereocenters. The van der Waals surface area contributed by atoms with Gasteiger partial charge in [0.1, 0.15) is 11.1 Å². The topological polar surface area (TPSA) is 57.0 Å². The van der Waals surface area contributed by atoms with Crippen LogP contribution in [0.4, 0.5) is 11.4 Å². The van der Waals surface area contributed by atoms with E-state index in [1.54, 1.807) is 0 Å². The smallest absolute Gasteiger partial charge is 0.244 e. The Labute approximate surface area is 194 Å². The third-order valence-corrected chi connectivity index (χ3v) is 6.73. The highest BCUT2D eigenvalue weighted by molar-refractivity contribution is 8.00. The van der Waals surface area contributed by atoms with Gasteiger partial charge in [-0.2, -0.15) is 5.26 Å². The summed E-state index contributed by atoms with van der Waals surface area (Å²) in [5.41, 5.74) is 5.69. The van der Waals surface area contributed by atoms with Crippen LogP contribution in [0, 0.1) is 17.2 Å². The van der Waals surface area contributed by atoms with Crippen molar-refractivity contribution in [3.8, 4) is 6.07 Å². The van der Waals surface area contributed by atoms with Crippen LogP contribution in [0.1, 0.15) is 43.2 Å². The first-order chi connectivity index (χ1) is 15.5. The zero-order valence-electron chi connectivity index (χ0n) is 18.7. The second-order valence-corrected chi connectivity index (χ2v) is 9.89. The summed E-state index contributed by atoms with van der Waals surface area (Å²) in [4.78, 5) is 20.4. The van der Waals surface area contributed by atoms with E-state index >= 15 is 0 Å². The Balaban J connectivity index is 1.69. The number of anilines is 2. The molecule has 0 saturated heterocycles. The first-order valence-electron chi connectivity index (χ1n) is 11.0. The third-order valence-electron chi connectivity index (χ3n) is 5.64. The van der Waals surface area contributed by atoms with Gasteiger partial charge in [0.05, 0.1) is 22.2 Å². The Morgan fingerprint density at radius 1 is 1.00 bits per heavy atom. The average molecular weight is 442 g/mol. The largest absolute Gasteiger partial charge is 0.280 e. The number of aromatic nitrogens is 1. The first-order valence-corrected chi connectivity index (χ1v) is 11.9. The highest BCUT2D eigenvalue weighted by atomic mass is 32.2. The molecule has 0 spiro atoms. The fourth-order valence-electron chi connectivity index (χ4n) is 4.10. The predicted octanol–water partition coefficient (Wildman–Crippen LogP) is 6.10. The van der Waals surface area contributed by atoms with E-state index in [2.05, 4.69) is 32.0 Å². The van der Waals surface area contributed by atoms with Crippen LogP contribution in [-0.4, -0.2) is 16.1 Å². The van der Waals surface area contributed by atoms with E-state index in [9.17, 15) is 10.1 Å². The Kier molecular flexibility index (Phi) is 6.62. The summed E-state index contributed by atoms with van der Waals surface area (Å²) in [5.74, 6) is 0.467. The number of amides is 1. The zero-order chi connectivity index (χ0) is 22.7. The van der Waals surface area contributed by atoms with Crippen LogP contribution < -0.4 is 4.90 Å². The molecule has 1 aliphatic rings. The minimum absolute atomic E-state index is 0.00301. The number of benzene rings is 2. The second kappa shape index (κ2) is 9.58. The van der Waals surface area contributed by atoms with Crippen LogP contribution in [0.25, 0.3) is 0 Å². The van der Waals surface area contributed by atoms with Crippen LogP contribution >= 0.6 is 11.8 Å². The lowest BCUT2D eigenvalue weighted by molar-refractivity contribution is -0.117. The lowest BCUT2D eigenvalue weighted by atomic mass is 10.0. The monoisotopic (exact) mass is 441 g/mol. The summed E-state index contributed by atoms with van der Waals surface area (Å²) >= 11 is 1.37. The van der Waals surface area contributed by atoms with E-state index < -0.39 is 5.25 Å². The maximum absolute atomic E-state index is 13.8. The predicted molar refractivity (Wildman–Crippen MR) is 130 cm³/mol. The van der Waals surface area contributed by atoms with Crippen molar-refractivity contribution < 1.29 is 4.79 Å². The molecule has 0 N–H and O–H groups in total. The number of thioether (sulfide) groups is 1. The van der Waals surface area contributed by atoms with Gasteiger partial charge in [0.25, 0.3) is 0 Å². The summed E-state index contributed by atoms with van der Waals surface area (Å²) < 4.78 is 0. The number of rotatable bonds is 5. The van der Waals surface area contributed by atoms with Gasteiger partial charge in [0.15, 0.2) is 0 Å². The normalized spacial score (nSPS) is 13.7. The van der Waals surface area contributed by atoms with Crippen LogP contribution in [0.5, 0.6) is 0 Å². The van der Waals surface area contributed by atoms with Gasteiger partial charge in [0, 0.05) is 5.69 Å². The number of nitriles is 1. The molecule has 0 saturated carbocycles. The summed E-state index contributed by atoms with van der Waals surface area (Å²) in [6.07, 6.45) is 2.64. The molecule has 1 amide bonds. The number of nitrogens with zero attached hydrogens (tertiary/aromatic N) is 3. The van der Waals surface area contributed by atoms with Crippen molar-refractivity contribution in [2.45, 2.75) is 50.3 Å². The minimum Gasteiger partial charge on any atom is -0.280 e. The molecule has 1 aromatic heterocycles. The molecule has 0 radical (unpaired) electrons. The molecule has 0 aliphatic carbocycles. The molecular formula is C27H27N3OS. The van der Waals surface area contributed by atoms with Crippen LogP contribution in [0.3, 0.4) is 0 Å². The molecule has 1 aliphatic heterocycles. The molecule has 0 fully saturated rings. The van der Waals surface area contributed by atoms with Crippen molar-refractivity contribution >= 4 is 29.0 Å². The maximum Gasteiger partial charge on any atom is 0.244 e. The molecular weight excluding hydrogens is 414 g/mol. The van der Waals surface area contributed by atoms with Crippen LogP contribution in [-0.2, 0) is 24.1 Å². The molecule has 2 heterocycles. The van der Waals surface area contributed by atoms with Gasteiger partial charge in [-0.3, -0.25) is 9.69 Å². The van der Waals surface area contributed by atoms with Crippen molar-refractivity contribution in [1.82, 2.24) is 4.98 Å². The fraction of sp³-hybridized carbons (Fsp3) is 0.296. The summed E-state index contributed by atoms with van der Waals surface area (Å²) in [7, 11) is 0. The van der Waals surface area contributed by atoms with Crippen molar-refractivity contribution in [3.63, 3.8) is 0 Å². The van der Waals surface area contributed by atoms with E-state index in [4.69, 9.17) is 4.98 Å². The van der Waals surface area contributed by atoms with E-state index in [0.29, 0.717) is 16.5 Å². The Morgan fingerprint density at radius 3 is 2.16 bits per heavy atom. The fourth-order valence-corrected chi connectivity index (χ4v) is 5.05. The van der Waals surface area contributed by atoms with Gasteiger partial charge in [-0.15, -0.1) is 0 Å². The Hall–Kier alpha value is -3.10. The molecule has 5 heteroatoms.